The van der Waals surface area contributed by atoms with Crippen LogP contribution in [-0.4, -0.2) is 22.1 Å². The maximum Gasteiger partial charge on any atom is 0.240 e. The molecule has 0 aliphatic heterocycles. The van der Waals surface area contributed by atoms with Gasteiger partial charge < -0.3 is 4.74 Å². The number of nitrogens with one attached hydrogen (secondary N) is 1. The molecule has 0 bridgehead atoms. The third-order valence-corrected chi connectivity index (χ3v) is 5.82. The minimum absolute atomic E-state index is 0.0640. The molecular formula is C16H17Cl2NO3S. The predicted octanol–water partition coefficient (Wildman–Crippen LogP) is 3.97. The number of hydrogen-bond donors (Lipinski definition) is 1. The maximum absolute atomic E-state index is 12.5. The van der Waals surface area contributed by atoms with Crippen molar-refractivity contribution < 1.29 is 13.2 Å². The number of ether oxygens (including phenoxy) is 1. The molecule has 1 unspecified atom stereocenters. The van der Waals surface area contributed by atoms with E-state index in [0.717, 1.165) is 5.56 Å². The maximum atomic E-state index is 12.5. The summed E-state index contributed by atoms with van der Waals surface area (Å²) in [7, 11) is -2.19. The second-order valence-corrected chi connectivity index (χ2v) is 7.51. The average molecular weight is 374 g/mol. The van der Waals surface area contributed by atoms with E-state index in [4.69, 9.17) is 27.9 Å². The molecule has 7 heteroatoms. The standard InChI is InChI=1S/C16H17Cl2NO3S/c1-11-13(17)8-5-9-16(11)23(20,21)19-10-15(22-2)12-6-3-4-7-14(12)18/h3-9,15,19H,10H2,1-2H3. The van der Waals surface area contributed by atoms with E-state index in [1.807, 2.05) is 6.07 Å². The van der Waals surface area contributed by atoms with Gasteiger partial charge in [-0.05, 0) is 30.7 Å². The summed E-state index contributed by atoms with van der Waals surface area (Å²) in [5.74, 6) is 0. The molecular weight excluding hydrogens is 357 g/mol. The van der Waals surface area contributed by atoms with Gasteiger partial charge in [0.2, 0.25) is 10.0 Å². The SMILES string of the molecule is COC(CNS(=O)(=O)c1cccc(Cl)c1C)c1ccccc1Cl. The molecule has 0 aromatic heterocycles. The Kier molecular flexibility index (Phi) is 6.06. The fraction of sp³-hybridized carbons (Fsp3) is 0.250. The van der Waals surface area contributed by atoms with Gasteiger partial charge in [0.25, 0.3) is 0 Å². The van der Waals surface area contributed by atoms with Crippen LogP contribution in [0.1, 0.15) is 17.2 Å². The van der Waals surface area contributed by atoms with Gasteiger partial charge in [-0.15, -0.1) is 0 Å². The molecule has 124 valence electrons. The topological polar surface area (TPSA) is 55.4 Å². The largest absolute Gasteiger partial charge is 0.375 e. The molecule has 23 heavy (non-hydrogen) atoms. The van der Waals surface area contributed by atoms with Crippen molar-refractivity contribution in [1.82, 2.24) is 4.72 Å². The lowest BCUT2D eigenvalue weighted by Crippen LogP contribution is -2.30. The normalized spacial score (nSPS) is 13.0. The molecule has 0 saturated heterocycles. The lowest BCUT2D eigenvalue weighted by Gasteiger charge is -2.18. The molecule has 0 aliphatic carbocycles. The van der Waals surface area contributed by atoms with Gasteiger partial charge in [-0.2, -0.15) is 0 Å². The Morgan fingerprint density at radius 3 is 2.39 bits per heavy atom. The summed E-state index contributed by atoms with van der Waals surface area (Å²) in [6, 6.07) is 11.9. The Morgan fingerprint density at radius 1 is 1.09 bits per heavy atom. The lowest BCUT2D eigenvalue weighted by molar-refractivity contribution is 0.107. The van der Waals surface area contributed by atoms with Crippen molar-refractivity contribution in [3.8, 4) is 0 Å². The first-order chi connectivity index (χ1) is 10.9. The molecule has 0 amide bonds. The third-order valence-electron chi connectivity index (χ3n) is 3.50. The number of benzene rings is 2. The summed E-state index contributed by atoms with van der Waals surface area (Å²) in [6.45, 7) is 1.73. The van der Waals surface area contributed by atoms with Crippen molar-refractivity contribution in [3.05, 3.63) is 63.6 Å². The van der Waals surface area contributed by atoms with E-state index in [0.29, 0.717) is 15.6 Å². The molecule has 1 atom stereocenters. The van der Waals surface area contributed by atoms with E-state index in [1.165, 1.54) is 13.2 Å². The minimum atomic E-state index is -3.70. The van der Waals surface area contributed by atoms with Gasteiger partial charge in [0, 0.05) is 29.3 Å². The summed E-state index contributed by atoms with van der Waals surface area (Å²) in [5, 5.41) is 0.930. The molecule has 2 aromatic rings. The molecule has 0 saturated carbocycles. The van der Waals surface area contributed by atoms with Crippen LogP contribution < -0.4 is 4.72 Å². The average Bonchev–Trinajstić information content (AvgIpc) is 2.52. The van der Waals surface area contributed by atoms with Crippen molar-refractivity contribution in [2.75, 3.05) is 13.7 Å². The van der Waals surface area contributed by atoms with Gasteiger partial charge in [-0.1, -0.05) is 47.5 Å². The van der Waals surface area contributed by atoms with Crippen molar-refractivity contribution in [3.63, 3.8) is 0 Å². The van der Waals surface area contributed by atoms with Crippen molar-refractivity contribution in [2.45, 2.75) is 17.9 Å². The van der Waals surface area contributed by atoms with Crippen molar-refractivity contribution in [1.29, 1.82) is 0 Å². The first-order valence-corrected chi connectivity index (χ1v) is 9.12. The van der Waals surface area contributed by atoms with E-state index in [2.05, 4.69) is 4.72 Å². The summed E-state index contributed by atoms with van der Waals surface area (Å²) in [6.07, 6.45) is -0.488. The van der Waals surface area contributed by atoms with Crippen LogP contribution >= 0.6 is 23.2 Å². The predicted molar refractivity (Wildman–Crippen MR) is 92.6 cm³/mol. The monoisotopic (exact) mass is 373 g/mol. The zero-order valence-corrected chi connectivity index (χ0v) is 15.0. The van der Waals surface area contributed by atoms with Crippen LogP contribution in [0.3, 0.4) is 0 Å². The molecule has 0 spiro atoms. The third kappa shape index (κ3) is 4.25. The molecule has 0 heterocycles. The second kappa shape index (κ2) is 7.64. The molecule has 4 nitrogen and oxygen atoms in total. The molecule has 0 radical (unpaired) electrons. The summed E-state index contributed by atoms with van der Waals surface area (Å²) >= 11 is 12.1. The Labute approximate surface area is 146 Å². The Balaban J connectivity index is 2.21. The first-order valence-electron chi connectivity index (χ1n) is 6.89. The Morgan fingerprint density at radius 2 is 1.74 bits per heavy atom. The smallest absolute Gasteiger partial charge is 0.240 e. The number of rotatable bonds is 6. The highest BCUT2D eigenvalue weighted by Gasteiger charge is 2.21. The van der Waals surface area contributed by atoms with E-state index >= 15 is 0 Å². The van der Waals surface area contributed by atoms with Gasteiger partial charge >= 0.3 is 0 Å². The van der Waals surface area contributed by atoms with Gasteiger partial charge in [-0.3, -0.25) is 0 Å². The van der Waals surface area contributed by atoms with Crippen LogP contribution in [0.4, 0.5) is 0 Å². The van der Waals surface area contributed by atoms with Gasteiger partial charge in [0.05, 0.1) is 11.0 Å². The number of hydrogen-bond acceptors (Lipinski definition) is 3. The molecule has 2 rings (SSSR count). The quantitative estimate of drug-likeness (QED) is 0.833. The zero-order valence-electron chi connectivity index (χ0n) is 12.7. The summed E-state index contributed by atoms with van der Waals surface area (Å²) in [4.78, 5) is 0.152. The fourth-order valence-electron chi connectivity index (χ4n) is 2.20. The van der Waals surface area contributed by atoms with E-state index in [1.54, 1.807) is 37.3 Å². The van der Waals surface area contributed by atoms with Crippen LogP contribution in [0, 0.1) is 6.92 Å². The number of halogens is 2. The zero-order chi connectivity index (χ0) is 17.0. The summed E-state index contributed by atoms with van der Waals surface area (Å²) in [5.41, 5.74) is 1.23. The van der Waals surface area contributed by atoms with E-state index in [-0.39, 0.29) is 11.4 Å². The Hall–Kier alpha value is -1.11. The molecule has 0 fully saturated rings. The molecule has 1 N–H and O–H groups in total. The van der Waals surface area contributed by atoms with Gasteiger partial charge in [-0.25, -0.2) is 13.1 Å². The highest BCUT2D eigenvalue weighted by atomic mass is 35.5. The first kappa shape index (κ1) is 18.2. The van der Waals surface area contributed by atoms with Gasteiger partial charge in [0.15, 0.2) is 0 Å². The summed E-state index contributed by atoms with van der Waals surface area (Å²) < 4.78 is 32.9. The molecule has 0 aliphatic rings. The van der Waals surface area contributed by atoms with E-state index in [9.17, 15) is 8.42 Å². The minimum Gasteiger partial charge on any atom is -0.375 e. The van der Waals surface area contributed by atoms with Crippen molar-refractivity contribution >= 4 is 33.2 Å². The van der Waals surface area contributed by atoms with Crippen LogP contribution in [0.25, 0.3) is 0 Å². The van der Waals surface area contributed by atoms with Crippen LogP contribution in [0.15, 0.2) is 47.4 Å². The second-order valence-electron chi connectivity index (χ2n) is 4.96. The lowest BCUT2D eigenvalue weighted by atomic mass is 10.1. The van der Waals surface area contributed by atoms with Crippen LogP contribution in [0.5, 0.6) is 0 Å². The fourth-order valence-corrected chi connectivity index (χ4v) is 3.98. The number of methoxy groups -OCH3 is 1. The van der Waals surface area contributed by atoms with E-state index < -0.39 is 16.1 Å². The highest BCUT2D eigenvalue weighted by Crippen LogP contribution is 2.26. The van der Waals surface area contributed by atoms with Crippen LogP contribution in [-0.2, 0) is 14.8 Å². The highest BCUT2D eigenvalue weighted by molar-refractivity contribution is 7.89. The Bertz CT molecular complexity index is 794. The van der Waals surface area contributed by atoms with Crippen LogP contribution in [0.2, 0.25) is 10.0 Å². The number of sulfonamides is 1. The van der Waals surface area contributed by atoms with Gasteiger partial charge in [0.1, 0.15) is 0 Å². The molecule has 2 aromatic carbocycles. The van der Waals surface area contributed by atoms with Crippen molar-refractivity contribution in [2.24, 2.45) is 0 Å².